The number of fused-ring (bicyclic) bond motifs is 2. The molecule has 3 heterocycles. The Hall–Kier alpha value is -3.93. The Kier molecular flexibility index (Phi) is 4.94. The van der Waals surface area contributed by atoms with Crippen LogP contribution in [-0.4, -0.2) is 43.6 Å². The molecule has 7 rings (SSSR count). The van der Waals surface area contributed by atoms with Crippen molar-refractivity contribution in [2.75, 3.05) is 13.1 Å². The molecule has 36 heavy (non-hydrogen) atoms. The van der Waals surface area contributed by atoms with Crippen molar-refractivity contribution < 1.29 is 4.79 Å². The minimum atomic E-state index is 0.295. The largest absolute Gasteiger partial charge is 0.342 e. The fraction of sp³-hybridized carbons (Fsp3) is 0.300. The van der Waals surface area contributed by atoms with E-state index in [0.29, 0.717) is 17.7 Å². The van der Waals surface area contributed by atoms with E-state index in [4.69, 9.17) is 4.98 Å². The van der Waals surface area contributed by atoms with Crippen LogP contribution in [0.1, 0.15) is 24.8 Å². The Morgan fingerprint density at radius 1 is 0.972 bits per heavy atom. The lowest BCUT2D eigenvalue weighted by Crippen LogP contribution is -2.30. The molecule has 0 unspecified atom stereocenters. The first-order valence-electron chi connectivity index (χ1n) is 12.9. The van der Waals surface area contributed by atoms with E-state index in [1.807, 2.05) is 6.20 Å². The van der Waals surface area contributed by atoms with E-state index in [9.17, 15) is 4.79 Å². The third-order valence-electron chi connectivity index (χ3n) is 7.79. The van der Waals surface area contributed by atoms with Crippen molar-refractivity contribution in [3.05, 3.63) is 72.4 Å². The van der Waals surface area contributed by atoms with E-state index in [0.717, 1.165) is 72.2 Å². The van der Waals surface area contributed by atoms with Gasteiger partial charge in [0.15, 0.2) is 0 Å². The smallest absolute Gasteiger partial charge is 0.225 e. The van der Waals surface area contributed by atoms with Gasteiger partial charge in [0.25, 0.3) is 0 Å². The first-order chi connectivity index (χ1) is 17.6. The predicted molar refractivity (Wildman–Crippen MR) is 142 cm³/mol. The number of carbonyl (C=O) groups excluding carboxylic acids is 1. The molecule has 1 N–H and O–H groups in total. The number of carbonyl (C=O) groups is 1. The summed E-state index contributed by atoms with van der Waals surface area (Å²) in [6.45, 7) is 4.73. The Morgan fingerprint density at radius 3 is 2.61 bits per heavy atom. The Bertz CT molecular complexity index is 1590. The number of hydrogen-bond donors (Lipinski definition) is 1. The first-order valence-corrected chi connectivity index (χ1v) is 12.9. The number of amides is 1. The summed E-state index contributed by atoms with van der Waals surface area (Å²) in [5.41, 5.74) is 7.91. The van der Waals surface area contributed by atoms with E-state index in [2.05, 4.69) is 87.3 Å². The van der Waals surface area contributed by atoms with E-state index in [-0.39, 0.29) is 0 Å². The number of hydrogen-bond acceptors (Lipinski definition) is 3. The average Bonchev–Trinajstić information content (AvgIpc) is 3.30. The summed E-state index contributed by atoms with van der Waals surface area (Å²) in [6, 6.07) is 21.6. The molecule has 3 aromatic carbocycles. The minimum absolute atomic E-state index is 0.295. The quantitative estimate of drug-likeness (QED) is 0.349. The van der Waals surface area contributed by atoms with Crippen LogP contribution in [0.5, 0.6) is 0 Å². The van der Waals surface area contributed by atoms with Gasteiger partial charge in [-0.05, 0) is 73.1 Å². The van der Waals surface area contributed by atoms with Gasteiger partial charge in [0, 0.05) is 36.5 Å². The second-order valence-electron chi connectivity index (χ2n) is 10.5. The van der Waals surface area contributed by atoms with Crippen LogP contribution in [0.25, 0.3) is 44.5 Å². The van der Waals surface area contributed by atoms with Gasteiger partial charge in [0.2, 0.25) is 5.91 Å². The van der Waals surface area contributed by atoms with Gasteiger partial charge in [-0.25, -0.2) is 4.98 Å². The molecule has 1 saturated carbocycles. The fourth-order valence-electron chi connectivity index (χ4n) is 5.61. The van der Waals surface area contributed by atoms with Crippen molar-refractivity contribution in [3.63, 3.8) is 0 Å². The lowest BCUT2D eigenvalue weighted by molar-refractivity contribution is -0.131. The summed E-state index contributed by atoms with van der Waals surface area (Å²) in [7, 11) is 0. The van der Waals surface area contributed by atoms with E-state index in [1.165, 1.54) is 16.7 Å². The maximum absolute atomic E-state index is 12.6. The maximum atomic E-state index is 12.6. The number of aryl methyl sites for hydroxylation is 1. The zero-order chi connectivity index (χ0) is 24.2. The van der Waals surface area contributed by atoms with Crippen LogP contribution in [0.15, 0.2) is 66.9 Å². The van der Waals surface area contributed by atoms with Crippen LogP contribution >= 0.6 is 0 Å². The van der Waals surface area contributed by atoms with Crippen molar-refractivity contribution in [1.82, 2.24) is 24.6 Å². The van der Waals surface area contributed by atoms with Gasteiger partial charge in [-0.15, -0.1) is 0 Å². The molecule has 6 heteroatoms. The number of aromatic nitrogens is 4. The molecule has 180 valence electrons. The molecule has 0 bridgehead atoms. The number of imidazole rings is 1. The summed E-state index contributed by atoms with van der Waals surface area (Å²) in [4.78, 5) is 19.8. The second kappa shape index (κ2) is 8.33. The lowest BCUT2D eigenvalue weighted by Gasteiger charge is -2.18. The van der Waals surface area contributed by atoms with Gasteiger partial charge in [0.1, 0.15) is 5.82 Å². The van der Waals surface area contributed by atoms with Crippen molar-refractivity contribution >= 4 is 27.8 Å². The van der Waals surface area contributed by atoms with E-state index in [1.54, 1.807) is 0 Å². The highest BCUT2D eigenvalue weighted by Crippen LogP contribution is 2.34. The summed E-state index contributed by atoms with van der Waals surface area (Å²) in [5.74, 6) is 2.11. The zero-order valence-corrected chi connectivity index (χ0v) is 20.4. The van der Waals surface area contributed by atoms with E-state index < -0.39 is 0 Å². The molecule has 5 aromatic rings. The Morgan fingerprint density at radius 2 is 1.78 bits per heavy atom. The van der Waals surface area contributed by atoms with Crippen LogP contribution in [-0.2, 0) is 11.3 Å². The number of aromatic amines is 1. The normalized spacial score (nSPS) is 17.9. The topological polar surface area (TPSA) is 66.8 Å². The molecular formula is C30H29N5O. The first kappa shape index (κ1) is 21.4. The number of H-pyrrole nitrogens is 1. The van der Waals surface area contributed by atoms with Crippen molar-refractivity contribution in [2.24, 2.45) is 11.8 Å². The molecule has 0 radical (unpaired) electrons. The van der Waals surface area contributed by atoms with E-state index >= 15 is 0 Å². The Balaban J connectivity index is 1.21. The van der Waals surface area contributed by atoms with Crippen molar-refractivity contribution in [3.8, 4) is 22.5 Å². The average molecular weight is 476 g/mol. The van der Waals surface area contributed by atoms with Crippen molar-refractivity contribution in [1.29, 1.82) is 0 Å². The fourth-order valence-corrected chi connectivity index (χ4v) is 5.61. The van der Waals surface area contributed by atoms with Crippen LogP contribution in [0.4, 0.5) is 0 Å². The molecule has 1 atom stereocenters. The number of rotatable bonds is 5. The standard InChI is InChI=1S/C30H29N5O/c1-19-2-11-28-27(14-19)32-29(35(28)18-20-12-13-34(17-20)30(36)23-7-8-23)22-5-3-21(4-6-22)24-9-10-26-25(15-24)16-31-33-26/h2-6,9-11,14-16,20,23H,7-8,12-13,17-18H2,1H3,(H,31,33)/t20-/m0/s1. The molecule has 1 amide bonds. The van der Waals surface area contributed by atoms with Crippen LogP contribution in [0.3, 0.4) is 0 Å². The minimum Gasteiger partial charge on any atom is -0.342 e. The summed E-state index contributed by atoms with van der Waals surface area (Å²) >= 11 is 0. The Labute approximate surface area is 210 Å². The number of nitrogens with zero attached hydrogens (tertiary/aromatic N) is 4. The van der Waals surface area contributed by atoms with Crippen LogP contribution < -0.4 is 0 Å². The van der Waals surface area contributed by atoms with Gasteiger partial charge >= 0.3 is 0 Å². The van der Waals surface area contributed by atoms with Crippen LogP contribution in [0.2, 0.25) is 0 Å². The van der Waals surface area contributed by atoms with Gasteiger partial charge in [0.05, 0.1) is 22.7 Å². The molecule has 2 fully saturated rings. The summed E-state index contributed by atoms with van der Waals surface area (Å²) in [6.07, 6.45) is 5.06. The highest BCUT2D eigenvalue weighted by atomic mass is 16.2. The molecule has 1 aliphatic heterocycles. The van der Waals surface area contributed by atoms with Gasteiger partial charge < -0.3 is 9.47 Å². The lowest BCUT2D eigenvalue weighted by atomic mass is 10.0. The summed E-state index contributed by atoms with van der Waals surface area (Å²) < 4.78 is 2.37. The molecule has 2 aliphatic rings. The molecular weight excluding hydrogens is 446 g/mol. The van der Waals surface area contributed by atoms with Crippen LogP contribution in [0, 0.1) is 18.8 Å². The second-order valence-corrected chi connectivity index (χ2v) is 10.5. The van der Waals surface area contributed by atoms with Gasteiger partial charge in [-0.1, -0.05) is 36.4 Å². The predicted octanol–water partition coefficient (Wildman–Crippen LogP) is 5.81. The number of likely N-dealkylation sites (tertiary alicyclic amines) is 1. The highest BCUT2D eigenvalue weighted by molar-refractivity contribution is 5.85. The highest BCUT2D eigenvalue weighted by Gasteiger charge is 2.36. The number of benzene rings is 3. The van der Waals surface area contributed by atoms with Crippen molar-refractivity contribution in [2.45, 2.75) is 32.7 Å². The SMILES string of the molecule is Cc1ccc2c(c1)nc(-c1ccc(-c3ccc4[nH]ncc4c3)cc1)n2C[C@H]1CCN(C(=O)C2CC2)C1. The maximum Gasteiger partial charge on any atom is 0.225 e. The third-order valence-corrected chi connectivity index (χ3v) is 7.79. The molecule has 6 nitrogen and oxygen atoms in total. The third kappa shape index (κ3) is 3.77. The molecule has 1 aliphatic carbocycles. The summed E-state index contributed by atoms with van der Waals surface area (Å²) in [5, 5.41) is 8.26. The van der Waals surface area contributed by atoms with Gasteiger partial charge in [-0.3, -0.25) is 9.89 Å². The molecule has 0 spiro atoms. The molecule has 1 saturated heterocycles. The monoisotopic (exact) mass is 475 g/mol. The number of nitrogens with one attached hydrogen (secondary N) is 1. The van der Waals surface area contributed by atoms with Gasteiger partial charge in [-0.2, -0.15) is 5.10 Å². The zero-order valence-electron chi connectivity index (χ0n) is 20.4. The molecule has 2 aromatic heterocycles.